The molecule has 6 nitrogen and oxygen atoms in total. The Morgan fingerprint density at radius 2 is 1.81 bits per heavy atom. The van der Waals surface area contributed by atoms with Gasteiger partial charge in [-0.25, -0.2) is 4.99 Å². The summed E-state index contributed by atoms with van der Waals surface area (Å²) in [5.74, 6) is 1.67. The molecule has 0 atom stereocenters. The van der Waals surface area contributed by atoms with E-state index in [-0.39, 0.29) is 0 Å². The number of nitrogens with one attached hydrogen (secondary N) is 2. The Kier molecular flexibility index (Phi) is 8.79. The molecule has 0 unspecified atom stereocenters. The Balaban J connectivity index is 1.60. The van der Waals surface area contributed by atoms with E-state index in [4.69, 9.17) is 14.5 Å². The molecule has 166 valence electrons. The lowest BCUT2D eigenvalue weighted by molar-refractivity contribution is 0.145. The molecule has 0 aliphatic carbocycles. The summed E-state index contributed by atoms with van der Waals surface area (Å²) < 4.78 is 11.0. The van der Waals surface area contributed by atoms with Gasteiger partial charge in [-0.1, -0.05) is 36.4 Å². The van der Waals surface area contributed by atoms with Crippen LogP contribution in [-0.2, 0) is 17.8 Å². The van der Waals surface area contributed by atoms with E-state index in [1.54, 1.807) is 7.11 Å². The molecule has 0 saturated heterocycles. The molecule has 0 bridgehead atoms. The molecule has 3 rings (SSSR count). The van der Waals surface area contributed by atoms with Gasteiger partial charge in [-0.15, -0.1) is 0 Å². The van der Waals surface area contributed by atoms with Gasteiger partial charge < -0.3 is 25.0 Å². The van der Waals surface area contributed by atoms with Crippen molar-refractivity contribution in [1.82, 2.24) is 10.6 Å². The highest BCUT2D eigenvalue weighted by atomic mass is 16.5. The van der Waals surface area contributed by atoms with Gasteiger partial charge >= 0.3 is 0 Å². The van der Waals surface area contributed by atoms with Crippen molar-refractivity contribution >= 4 is 11.6 Å². The highest BCUT2D eigenvalue weighted by Gasteiger charge is 2.08. The summed E-state index contributed by atoms with van der Waals surface area (Å²) in [6.07, 6.45) is 4.41. The van der Waals surface area contributed by atoms with E-state index >= 15 is 0 Å². The average Bonchev–Trinajstić information content (AvgIpc) is 3.32. The molecule has 0 amide bonds. The smallest absolute Gasteiger partial charge is 0.191 e. The Bertz CT molecular complexity index is 870. The van der Waals surface area contributed by atoms with Crippen molar-refractivity contribution in [1.29, 1.82) is 0 Å². The average molecular weight is 423 g/mol. The summed E-state index contributed by atoms with van der Waals surface area (Å²) in [7, 11) is 1.68. The molecular formula is C25H34N4O2. The highest BCUT2D eigenvalue weighted by molar-refractivity contribution is 5.79. The number of hydrogen-bond donors (Lipinski definition) is 2. The zero-order valence-corrected chi connectivity index (χ0v) is 18.9. The maximum Gasteiger partial charge on any atom is 0.191 e. The van der Waals surface area contributed by atoms with Crippen LogP contribution in [0.5, 0.6) is 5.75 Å². The van der Waals surface area contributed by atoms with Crippen molar-refractivity contribution in [3.05, 3.63) is 71.3 Å². The van der Waals surface area contributed by atoms with E-state index < -0.39 is 0 Å². The second kappa shape index (κ2) is 12.0. The van der Waals surface area contributed by atoms with Crippen LogP contribution in [0.25, 0.3) is 0 Å². The standard InChI is InChI=1S/C25H34N4O2/c1-4-26-25(27-18-21-8-11-23(12-9-21)29-13-5-6-14-29)28-19-22-10-7-20(2)17-24(22)31-16-15-30-3/h5-12,17H,4,13-16,18-19H2,1-3H3,(H2,26,27,28). The zero-order valence-electron chi connectivity index (χ0n) is 18.9. The maximum atomic E-state index is 5.90. The third-order valence-electron chi connectivity index (χ3n) is 5.10. The van der Waals surface area contributed by atoms with Crippen LogP contribution in [0.4, 0.5) is 5.69 Å². The molecule has 0 spiro atoms. The van der Waals surface area contributed by atoms with Gasteiger partial charge in [0.25, 0.3) is 0 Å². The van der Waals surface area contributed by atoms with Gasteiger partial charge in [0.2, 0.25) is 0 Å². The fraction of sp³-hybridized carbons (Fsp3) is 0.400. The molecule has 31 heavy (non-hydrogen) atoms. The predicted molar refractivity (Wildman–Crippen MR) is 128 cm³/mol. The van der Waals surface area contributed by atoms with Crippen molar-refractivity contribution in [3.8, 4) is 5.75 Å². The normalized spacial score (nSPS) is 13.5. The summed E-state index contributed by atoms with van der Waals surface area (Å²) in [5, 5.41) is 6.75. The summed E-state index contributed by atoms with van der Waals surface area (Å²) in [6.45, 7) is 9.28. The number of nitrogens with zero attached hydrogens (tertiary/aromatic N) is 2. The molecule has 2 N–H and O–H groups in total. The van der Waals surface area contributed by atoms with Crippen molar-refractivity contribution in [3.63, 3.8) is 0 Å². The van der Waals surface area contributed by atoms with E-state index in [2.05, 4.69) is 84.0 Å². The molecule has 1 aliphatic rings. The van der Waals surface area contributed by atoms with Gasteiger partial charge in [-0.05, 0) is 43.2 Å². The number of benzene rings is 2. The van der Waals surface area contributed by atoms with Gasteiger partial charge in [0.1, 0.15) is 12.4 Å². The number of aryl methyl sites for hydroxylation is 1. The van der Waals surface area contributed by atoms with E-state index in [0.717, 1.165) is 36.9 Å². The van der Waals surface area contributed by atoms with Crippen LogP contribution in [-0.4, -0.2) is 45.9 Å². The zero-order chi connectivity index (χ0) is 21.9. The quantitative estimate of drug-likeness (QED) is 0.265. The molecule has 6 heteroatoms. The van der Waals surface area contributed by atoms with Gasteiger partial charge in [0.05, 0.1) is 13.2 Å². The van der Waals surface area contributed by atoms with Gasteiger partial charge in [-0.3, -0.25) is 0 Å². The second-order valence-corrected chi connectivity index (χ2v) is 7.54. The van der Waals surface area contributed by atoms with Crippen molar-refractivity contribution in [2.75, 3.05) is 44.9 Å². The predicted octanol–water partition coefficient (Wildman–Crippen LogP) is 3.65. The monoisotopic (exact) mass is 422 g/mol. The Labute approximate surface area is 186 Å². The van der Waals surface area contributed by atoms with Gasteiger partial charge in [-0.2, -0.15) is 0 Å². The van der Waals surface area contributed by atoms with E-state index in [0.29, 0.717) is 26.3 Å². The Morgan fingerprint density at radius 3 is 2.52 bits per heavy atom. The van der Waals surface area contributed by atoms with Crippen LogP contribution in [0.3, 0.4) is 0 Å². The number of methoxy groups -OCH3 is 1. The summed E-state index contributed by atoms with van der Waals surface area (Å²) in [5.41, 5.74) is 4.70. The van der Waals surface area contributed by atoms with Gasteiger partial charge in [0, 0.05) is 44.5 Å². The molecule has 2 aromatic rings. The van der Waals surface area contributed by atoms with E-state index in [9.17, 15) is 0 Å². The van der Waals surface area contributed by atoms with Crippen LogP contribution in [0.15, 0.2) is 59.6 Å². The minimum Gasteiger partial charge on any atom is -0.491 e. The molecule has 1 heterocycles. The fourth-order valence-corrected chi connectivity index (χ4v) is 3.37. The van der Waals surface area contributed by atoms with Crippen LogP contribution in [0, 0.1) is 6.92 Å². The minimum atomic E-state index is 0.532. The Morgan fingerprint density at radius 1 is 1.03 bits per heavy atom. The first-order chi connectivity index (χ1) is 15.2. The molecule has 1 aliphatic heterocycles. The van der Waals surface area contributed by atoms with Crippen LogP contribution < -0.4 is 20.3 Å². The lowest BCUT2D eigenvalue weighted by atomic mass is 10.1. The number of rotatable bonds is 10. The first-order valence-corrected chi connectivity index (χ1v) is 10.9. The minimum absolute atomic E-state index is 0.532. The van der Waals surface area contributed by atoms with Crippen LogP contribution in [0.1, 0.15) is 23.6 Å². The van der Waals surface area contributed by atoms with Crippen molar-refractivity contribution < 1.29 is 9.47 Å². The number of ether oxygens (including phenoxy) is 2. The van der Waals surface area contributed by atoms with Crippen molar-refractivity contribution in [2.45, 2.75) is 26.9 Å². The topological polar surface area (TPSA) is 58.1 Å². The summed E-state index contributed by atoms with van der Waals surface area (Å²) >= 11 is 0. The summed E-state index contributed by atoms with van der Waals surface area (Å²) in [4.78, 5) is 7.10. The second-order valence-electron chi connectivity index (χ2n) is 7.54. The lowest BCUT2D eigenvalue weighted by Gasteiger charge is -2.17. The highest BCUT2D eigenvalue weighted by Crippen LogP contribution is 2.20. The number of guanidine groups is 1. The fourth-order valence-electron chi connectivity index (χ4n) is 3.37. The summed E-state index contributed by atoms with van der Waals surface area (Å²) in [6, 6.07) is 14.9. The Hall–Kier alpha value is -2.99. The maximum absolute atomic E-state index is 5.90. The molecule has 0 saturated carbocycles. The largest absolute Gasteiger partial charge is 0.491 e. The number of hydrogen-bond acceptors (Lipinski definition) is 4. The molecule has 2 aromatic carbocycles. The molecule has 0 aromatic heterocycles. The molecule has 0 fully saturated rings. The number of aliphatic imine (C=N–C) groups is 1. The van der Waals surface area contributed by atoms with Crippen LogP contribution in [0.2, 0.25) is 0 Å². The third-order valence-corrected chi connectivity index (χ3v) is 5.10. The number of anilines is 1. The molecule has 0 radical (unpaired) electrons. The van der Waals surface area contributed by atoms with Crippen molar-refractivity contribution in [2.24, 2.45) is 4.99 Å². The van der Waals surface area contributed by atoms with E-state index in [1.807, 2.05) is 0 Å². The van der Waals surface area contributed by atoms with E-state index in [1.165, 1.54) is 16.8 Å². The first kappa shape index (κ1) is 22.7. The third kappa shape index (κ3) is 7.03. The first-order valence-electron chi connectivity index (χ1n) is 10.9. The SMILES string of the molecule is CCNC(=NCc1ccc(N2CC=CC2)cc1)NCc1ccc(C)cc1OCCOC. The van der Waals surface area contributed by atoms with Gasteiger partial charge in [0.15, 0.2) is 5.96 Å². The van der Waals surface area contributed by atoms with Crippen LogP contribution >= 0.6 is 0 Å². The lowest BCUT2D eigenvalue weighted by Crippen LogP contribution is -2.36. The molecular weight excluding hydrogens is 388 g/mol.